The number of carbonyl (C=O) groups excluding carboxylic acids is 2. The summed E-state index contributed by atoms with van der Waals surface area (Å²) < 4.78 is 5.69. The van der Waals surface area contributed by atoms with Gasteiger partial charge in [0.2, 0.25) is 0 Å². The van der Waals surface area contributed by atoms with Crippen LogP contribution in [0.25, 0.3) is 0 Å². The first kappa shape index (κ1) is 15.3. The van der Waals surface area contributed by atoms with Gasteiger partial charge in [-0.2, -0.15) is 0 Å². The summed E-state index contributed by atoms with van der Waals surface area (Å²) in [6, 6.07) is 0. The highest BCUT2D eigenvalue weighted by Crippen LogP contribution is 2.51. The molecule has 112 valence electrons. The molecule has 2 aliphatic rings. The van der Waals surface area contributed by atoms with Crippen LogP contribution in [-0.2, 0) is 14.3 Å². The van der Waals surface area contributed by atoms with E-state index < -0.39 is 0 Å². The molecule has 0 aromatic heterocycles. The van der Waals surface area contributed by atoms with Gasteiger partial charge in [-0.3, -0.25) is 9.59 Å². The van der Waals surface area contributed by atoms with Gasteiger partial charge in [0.1, 0.15) is 11.9 Å². The molecule has 0 amide bonds. The van der Waals surface area contributed by atoms with E-state index in [1.165, 1.54) is 6.92 Å². The maximum Gasteiger partial charge on any atom is 0.303 e. The summed E-state index contributed by atoms with van der Waals surface area (Å²) in [6.45, 7) is 8.06. The molecule has 4 atom stereocenters. The molecule has 1 saturated carbocycles. The Balaban J connectivity index is 2.32. The minimum Gasteiger partial charge on any atom is -0.459 e. The fraction of sp³-hybridized carbons (Fsp3) is 0.765. The molecule has 0 aromatic rings. The van der Waals surface area contributed by atoms with Gasteiger partial charge in [0.15, 0.2) is 0 Å². The van der Waals surface area contributed by atoms with Crippen LogP contribution in [0.15, 0.2) is 11.6 Å². The van der Waals surface area contributed by atoms with Crippen LogP contribution >= 0.6 is 0 Å². The number of carbonyl (C=O) groups is 2. The van der Waals surface area contributed by atoms with Gasteiger partial charge in [0.05, 0.1) is 0 Å². The van der Waals surface area contributed by atoms with Crippen molar-refractivity contribution < 1.29 is 14.3 Å². The minimum absolute atomic E-state index is 0.195. The number of allylic oxidation sites excluding steroid dienone is 2. The van der Waals surface area contributed by atoms with E-state index in [-0.39, 0.29) is 11.6 Å². The number of hydrogen-bond acceptors (Lipinski definition) is 3. The van der Waals surface area contributed by atoms with Gasteiger partial charge >= 0.3 is 5.97 Å². The van der Waals surface area contributed by atoms with E-state index in [1.807, 2.05) is 0 Å². The minimum atomic E-state index is -0.368. The number of rotatable bonds is 3. The predicted octanol–water partition coefficient (Wildman–Crippen LogP) is 3.53. The Hall–Kier alpha value is -1.12. The van der Waals surface area contributed by atoms with Crippen molar-refractivity contribution in [1.82, 2.24) is 0 Å². The van der Waals surface area contributed by atoms with Crippen molar-refractivity contribution in [1.29, 1.82) is 0 Å². The van der Waals surface area contributed by atoms with Crippen molar-refractivity contribution in [2.45, 2.75) is 59.0 Å². The Bertz CT molecular complexity index is 424. The van der Waals surface area contributed by atoms with Crippen molar-refractivity contribution >= 4 is 12.3 Å². The van der Waals surface area contributed by atoms with Crippen molar-refractivity contribution in [3.63, 3.8) is 0 Å². The molecule has 0 unspecified atom stereocenters. The molecule has 0 aromatic carbocycles. The van der Waals surface area contributed by atoms with Crippen LogP contribution < -0.4 is 0 Å². The summed E-state index contributed by atoms with van der Waals surface area (Å²) in [5, 5.41) is 0. The van der Waals surface area contributed by atoms with Gasteiger partial charge in [-0.1, -0.05) is 19.9 Å². The van der Waals surface area contributed by atoms with Crippen molar-refractivity contribution in [2.24, 2.45) is 23.7 Å². The van der Waals surface area contributed by atoms with E-state index in [4.69, 9.17) is 4.74 Å². The first-order chi connectivity index (χ1) is 9.37. The fourth-order valence-electron chi connectivity index (χ4n) is 4.26. The molecule has 0 saturated heterocycles. The molecule has 0 N–H and O–H groups in total. The first-order valence-electron chi connectivity index (χ1n) is 7.73. The molecular weight excluding hydrogens is 252 g/mol. The number of ether oxygens (including phenoxy) is 1. The first-order valence-corrected chi connectivity index (χ1v) is 7.73. The zero-order valence-electron chi connectivity index (χ0n) is 13.0. The molecular formula is C17H26O3. The molecule has 2 aliphatic carbocycles. The molecule has 2 rings (SSSR count). The Labute approximate surface area is 121 Å². The molecule has 1 fully saturated rings. The van der Waals surface area contributed by atoms with Gasteiger partial charge < -0.3 is 4.74 Å². The summed E-state index contributed by atoms with van der Waals surface area (Å²) in [6.07, 6.45) is 6.90. The topological polar surface area (TPSA) is 43.4 Å². The smallest absolute Gasteiger partial charge is 0.303 e. The summed E-state index contributed by atoms with van der Waals surface area (Å²) in [4.78, 5) is 22.5. The molecule has 0 spiro atoms. The number of aldehydes is 1. The lowest BCUT2D eigenvalue weighted by molar-refractivity contribution is -0.172. The average molecular weight is 278 g/mol. The second-order valence-electron chi connectivity index (χ2n) is 6.93. The van der Waals surface area contributed by atoms with E-state index in [0.29, 0.717) is 23.7 Å². The van der Waals surface area contributed by atoms with Crippen LogP contribution in [0.4, 0.5) is 0 Å². The zero-order chi connectivity index (χ0) is 14.9. The van der Waals surface area contributed by atoms with Crippen LogP contribution in [-0.4, -0.2) is 17.9 Å². The van der Waals surface area contributed by atoms with Crippen molar-refractivity contribution in [3.05, 3.63) is 11.6 Å². The van der Waals surface area contributed by atoms with Crippen LogP contribution in [0.5, 0.6) is 0 Å². The average Bonchev–Trinajstić information content (AvgIpc) is 2.37. The molecule has 3 heteroatoms. The third kappa shape index (κ3) is 2.82. The summed E-state index contributed by atoms with van der Waals surface area (Å²) in [5.41, 5.74) is 0.552. The van der Waals surface area contributed by atoms with E-state index in [0.717, 1.165) is 37.5 Å². The quantitative estimate of drug-likeness (QED) is 0.586. The largest absolute Gasteiger partial charge is 0.459 e. The van der Waals surface area contributed by atoms with E-state index in [2.05, 4.69) is 26.8 Å². The molecule has 0 bridgehead atoms. The number of fused-ring (bicyclic) bond motifs is 1. The Morgan fingerprint density at radius 2 is 2.15 bits per heavy atom. The van der Waals surface area contributed by atoms with E-state index in [9.17, 15) is 9.59 Å². The standard InChI is InChI=1S/C17H26O3/c1-11(2)14-7-8-17(4,20-12(3)19)16-6-5-13(10-18)9-15(14)16/h9-11,14-16H,5-8H2,1-4H3/t14-,15-,16+,17+/m0/s1. The second kappa shape index (κ2) is 5.71. The van der Waals surface area contributed by atoms with E-state index in [1.54, 1.807) is 0 Å². The summed E-state index contributed by atoms with van der Waals surface area (Å²) in [5.74, 6) is 1.68. The lowest BCUT2D eigenvalue weighted by Crippen LogP contribution is -2.50. The lowest BCUT2D eigenvalue weighted by atomic mass is 9.58. The van der Waals surface area contributed by atoms with Crippen LogP contribution in [0.2, 0.25) is 0 Å². The fourth-order valence-corrected chi connectivity index (χ4v) is 4.26. The molecule has 20 heavy (non-hydrogen) atoms. The molecule has 0 radical (unpaired) electrons. The Morgan fingerprint density at radius 3 is 2.70 bits per heavy atom. The lowest BCUT2D eigenvalue weighted by Gasteiger charge is -2.50. The highest BCUT2D eigenvalue weighted by molar-refractivity contribution is 5.73. The molecule has 0 aliphatic heterocycles. The van der Waals surface area contributed by atoms with Crippen LogP contribution in [0, 0.1) is 23.7 Å². The third-order valence-electron chi connectivity index (χ3n) is 5.25. The number of hydrogen-bond donors (Lipinski definition) is 0. The Morgan fingerprint density at radius 1 is 1.45 bits per heavy atom. The van der Waals surface area contributed by atoms with E-state index >= 15 is 0 Å². The maximum atomic E-state index is 11.4. The van der Waals surface area contributed by atoms with Gasteiger partial charge in [-0.25, -0.2) is 0 Å². The highest BCUT2D eigenvalue weighted by atomic mass is 16.6. The van der Waals surface area contributed by atoms with Gasteiger partial charge in [0.25, 0.3) is 0 Å². The van der Waals surface area contributed by atoms with Gasteiger partial charge in [0, 0.05) is 12.8 Å². The summed E-state index contributed by atoms with van der Waals surface area (Å²) >= 11 is 0. The van der Waals surface area contributed by atoms with Crippen molar-refractivity contribution in [2.75, 3.05) is 0 Å². The monoisotopic (exact) mass is 278 g/mol. The zero-order valence-corrected chi connectivity index (χ0v) is 13.0. The summed E-state index contributed by atoms with van der Waals surface area (Å²) in [7, 11) is 0. The van der Waals surface area contributed by atoms with Crippen molar-refractivity contribution in [3.8, 4) is 0 Å². The van der Waals surface area contributed by atoms with Crippen LogP contribution in [0.3, 0.4) is 0 Å². The second-order valence-corrected chi connectivity index (χ2v) is 6.93. The highest BCUT2D eigenvalue weighted by Gasteiger charge is 2.49. The predicted molar refractivity (Wildman–Crippen MR) is 78.1 cm³/mol. The third-order valence-corrected chi connectivity index (χ3v) is 5.25. The van der Waals surface area contributed by atoms with Gasteiger partial charge in [-0.05, 0) is 55.9 Å². The SMILES string of the molecule is CC(=O)O[C@]1(C)CC[C@@H](C(C)C)[C@@H]2C=C(C=O)CC[C@H]21. The molecule has 3 nitrogen and oxygen atoms in total. The molecule has 0 heterocycles. The van der Waals surface area contributed by atoms with Gasteiger partial charge in [-0.15, -0.1) is 0 Å². The number of esters is 1. The van der Waals surface area contributed by atoms with Crippen LogP contribution in [0.1, 0.15) is 53.4 Å². The normalized spacial score (nSPS) is 37.0. The maximum absolute atomic E-state index is 11.4. The Kier molecular flexibility index (Phi) is 4.36.